The Kier molecular flexibility index (Phi) is 3.90. The second-order valence-corrected chi connectivity index (χ2v) is 6.50. The van der Waals surface area contributed by atoms with Gasteiger partial charge in [-0.05, 0) is 24.6 Å². The number of benzene rings is 2. The molecule has 20 heavy (non-hydrogen) atoms. The van der Waals surface area contributed by atoms with E-state index in [0.29, 0.717) is 5.56 Å². The van der Waals surface area contributed by atoms with Crippen LogP contribution in [0.2, 0.25) is 0 Å². The van der Waals surface area contributed by atoms with Crippen LogP contribution in [0, 0.1) is 6.92 Å². The average Bonchev–Trinajstić information content (AvgIpc) is 2.41. The highest BCUT2D eigenvalue weighted by Gasteiger charge is 2.22. The van der Waals surface area contributed by atoms with Crippen molar-refractivity contribution in [3.63, 3.8) is 0 Å². The molecule has 1 N–H and O–H groups in total. The number of carbonyl (C=O) groups is 1. The van der Waals surface area contributed by atoms with Gasteiger partial charge < -0.3 is 5.11 Å². The lowest BCUT2D eigenvalue weighted by Gasteiger charge is -2.08. The Labute approximate surface area is 117 Å². The number of carboxylic acid groups (broad SMARTS) is 1. The van der Waals surface area contributed by atoms with Crippen LogP contribution in [0.1, 0.15) is 21.5 Å². The summed E-state index contributed by atoms with van der Waals surface area (Å²) in [6.45, 7) is 1.91. The molecule has 2 rings (SSSR count). The van der Waals surface area contributed by atoms with Crippen molar-refractivity contribution in [3.8, 4) is 0 Å². The van der Waals surface area contributed by atoms with E-state index in [1.807, 2.05) is 19.1 Å². The van der Waals surface area contributed by atoms with Crippen LogP contribution in [0.5, 0.6) is 0 Å². The smallest absolute Gasteiger partial charge is 0.337 e. The first-order valence-corrected chi connectivity index (χ1v) is 7.66. The zero-order valence-corrected chi connectivity index (χ0v) is 11.7. The van der Waals surface area contributed by atoms with Gasteiger partial charge in [-0.3, -0.25) is 0 Å². The molecule has 0 aliphatic carbocycles. The maximum atomic E-state index is 12.3. The van der Waals surface area contributed by atoms with Gasteiger partial charge in [-0.15, -0.1) is 0 Å². The first kappa shape index (κ1) is 14.3. The van der Waals surface area contributed by atoms with Crippen molar-refractivity contribution in [1.29, 1.82) is 0 Å². The highest BCUT2D eigenvalue weighted by atomic mass is 32.2. The molecule has 4 nitrogen and oxygen atoms in total. The fourth-order valence-electron chi connectivity index (χ4n) is 1.90. The van der Waals surface area contributed by atoms with Gasteiger partial charge in [0.05, 0.1) is 16.2 Å². The molecule has 2 aromatic carbocycles. The van der Waals surface area contributed by atoms with Crippen LogP contribution in [0.25, 0.3) is 0 Å². The number of aryl methyl sites for hydroxylation is 1. The van der Waals surface area contributed by atoms with Crippen LogP contribution in [0.4, 0.5) is 0 Å². The maximum Gasteiger partial charge on any atom is 0.337 e. The summed E-state index contributed by atoms with van der Waals surface area (Å²) in [6, 6.07) is 12.8. The number of hydrogen-bond acceptors (Lipinski definition) is 3. The molecule has 0 saturated carbocycles. The molecule has 0 atom stereocenters. The van der Waals surface area contributed by atoms with Gasteiger partial charge in [-0.1, -0.05) is 42.0 Å². The summed E-state index contributed by atoms with van der Waals surface area (Å²) in [4.78, 5) is 11.0. The largest absolute Gasteiger partial charge is 0.478 e. The summed E-state index contributed by atoms with van der Waals surface area (Å²) in [5.41, 5.74) is 1.48. The summed E-state index contributed by atoms with van der Waals surface area (Å²) >= 11 is 0. The van der Waals surface area contributed by atoms with Crippen LogP contribution in [-0.4, -0.2) is 19.5 Å². The Morgan fingerprint density at radius 3 is 2.25 bits per heavy atom. The molecule has 0 radical (unpaired) electrons. The van der Waals surface area contributed by atoms with Gasteiger partial charge in [0.15, 0.2) is 9.84 Å². The van der Waals surface area contributed by atoms with Gasteiger partial charge >= 0.3 is 5.97 Å². The molecular weight excluding hydrogens is 276 g/mol. The Morgan fingerprint density at radius 1 is 1.05 bits per heavy atom. The molecular formula is C15H14O4S. The molecule has 5 heteroatoms. The fourth-order valence-corrected chi connectivity index (χ4v) is 3.46. The van der Waals surface area contributed by atoms with Gasteiger partial charge in [-0.2, -0.15) is 0 Å². The van der Waals surface area contributed by atoms with Crippen molar-refractivity contribution in [1.82, 2.24) is 0 Å². The molecule has 0 spiro atoms. The van der Waals surface area contributed by atoms with Crippen molar-refractivity contribution in [2.75, 3.05) is 0 Å². The highest BCUT2D eigenvalue weighted by Crippen LogP contribution is 2.20. The summed E-state index contributed by atoms with van der Waals surface area (Å²) < 4.78 is 24.7. The molecule has 0 aliphatic rings. The Morgan fingerprint density at radius 2 is 1.65 bits per heavy atom. The van der Waals surface area contributed by atoms with Crippen molar-refractivity contribution in [3.05, 3.63) is 65.2 Å². The minimum atomic E-state index is -3.68. The monoisotopic (exact) mass is 290 g/mol. The van der Waals surface area contributed by atoms with Crippen LogP contribution in [-0.2, 0) is 15.6 Å². The topological polar surface area (TPSA) is 71.4 Å². The maximum absolute atomic E-state index is 12.3. The Hall–Kier alpha value is -2.14. The second-order valence-electron chi connectivity index (χ2n) is 4.55. The van der Waals surface area contributed by atoms with Gasteiger partial charge in [-0.25, -0.2) is 13.2 Å². The number of sulfone groups is 1. The van der Waals surface area contributed by atoms with Crippen LogP contribution in [0.3, 0.4) is 0 Å². The first-order valence-electron chi connectivity index (χ1n) is 6.01. The number of rotatable bonds is 4. The molecule has 0 unspecified atom stereocenters. The van der Waals surface area contributed by atoms with E-state index in [4.69, 9.17) is 5.11 Å². The summed E-state index contributed by atoms with van der Waals surface area (Å²) in [5, 5.41) is 9.07. The number of hydrogen-bond donors (Lipinski definition) is 1. The van der Waals surface area contributed by atoms with E-state index < -0.39 is 15.8 Å². The zero-order valence-electron chi connectivity index (χ0n) is 10.9. The lowest BCUT2D eigenvalue weighted by molar-refractivity contribution is 0.0692. The van der Waals surface area contributed by atoms with E-state index in [1.54, 1.807) is 12.1 Å². The van der Waals surface area contributed by atoms with E-state index in [9.17, 15) is 13.2 Å². The van der Waals surface area contributed by atoms with Crippen LogP contribution < -0.4 is 0 Å². The van der Waals surface area contributed by atoms with Gasteiger partial charge in [0.25, 0.3) is 0 Å². The molecule has 0 bridgehead atoms. The predicted octanol–water partition coefficient (Wildman–Crippen LogP) is 2.67. The van der Waals surface area contributed by atoms with E-state index in [-0.39, 0.29) is 16.2 Å². The van der Waals surface area contributed by atoms with Gasteiger partial charge in [0, 0.05) is 0 Å². The standard InChI is InChI=1S/C15H14O4S/c1-11-6-8-12(9-7-11)10-20(18,19)14-5-3-2-4-13(14)15(16)17/h2-9H,10H2,1H3,(H,16,17). The van der Waals surface area contributed by atoms with Crippen molar-refractivity contribution >= 4 is 15.8 Å². The average molecular weight is 290 g/mol. The normalized spacial score (nSPS) is 11.2. The molecule has 0 fully saturated rings. The molecule has 0 aliphatic heterocycles. The van der Waals surface area contributed by atoms with Crippen molar-refractivity contribution in [2.24, 2.45) is 0 Å². The van der Waals surface area contributed by atoms with Crippen LogP contribution in [0.15, 0.2) is 53.4 Å². The van der Waals surface area contributed by atoms with Crippen molar-refractivity contribution in [2.45, 2.75) is 17.6 Å². The zero-order chi connectivity index (χ0) is 14.8. The molecule has 0 aromatic heterocycles. The number of carboxylic acids is 1. The second kappa shape index (κ2) is 5.46. The molecule has 104 valence electrons. The Balaban J connectivity index is 2.41. The lowest BCUT2D eigenvalue weighted by atomic mass is 10.2. The van der Waals surface area contributed by atoms with E-state index in [1.165, 1.54) is 24.3 Å². The van der Waals surface area contributed by atoms with Gasteiger partial charge in [0.2, 0.25) is 0 Å². The molecule has 0 saturated heterocycles. The minimum Gasteiger partial charge on any atom is -0.478 e. The SMILES string of the molecule is Cc1ccc(CS(=O)(=O)c2ccccc2C(=O)O)cc1. The molecule has 0 amide bonds. The summed E-state index contributed by atoms with van der Waals surface area (Å²) in [7, 11) is -3.68. The lowest BCUT2D eigenvalue weighted by Crippen LogP contribution is -2.11. The minimum absolute atomic E-state index is 0.145. The van der Waals surface area contributed by atoms with E-state index in [0.717, 1.165) is 5.56 Å². The fraction of sp³-hybridized carbons (Fsp3) is 0.133. The number of aromatic carboxylic acids is 1. The van der Waals surface area contributed by atoms with Crippen LogP contribution >= 0.6 is 0 Å². The van der Waals surface area contributed by atoms with Crippen molar-refractivity contribution < 1.29 is 18.3 Å². The predicted molar refractivity (Wildman–Crippen MR) is 75.5 cm³/mol. The Bertz CT molecular complexity index is 731. The van der Waals surface area contributed by atoms with E-state index >= 15 is 0 Å². The quantitative estimate of drug-likeness (QED) is 0.939. The third kappa shape index (κ3) is 3.05. The summed E-state index contributed by atoms with van der Waals surface area (Å²) in [5.74, 6) is -1.45. The summed E-state index contributed by atoms with van der Waals surface area (Å²) in [6.07, 6.45) is 0. The molecule has 2 aromatic rings. The molecule has 0 heterocycles. The highest BCUT2D eigenvalue weighted by molar-refractivity contribution is 7.90. The third-order valence-electron chi connectivity index (χ3n) is 2.93. The first-order chi connectivity index (χ1) is 9.40. The van der Waals surface area contributed by atoms with Gasteiger partial charge in [0.1, 0.15) is 0 Å². The van der Waals surface area contributed by atoms with E-state index in [2.05, 4.69) is 0 Å². The third-order valence-corrected chi connectivity index (χ3v) is 4.67.